The molecule has 0 atom stereocenters. The van der Waals surface area contributed by atoms with Crippen molar-refractivity contribution in [1.82, 2.24) is 19.6 Å². The minimum atomic E-state index is -0.709. The summed E-state index contributed by atoms with van der Waals surface area (Å²) in [6.07, 6.45) is 0.519. The van der Waals surface area contributed by atoms with Gasteiger partial charge < -0.3 is 4.74 Å². The summed E-state index contributed by atoms with van der Waals surface area (Å²) in [4.78, 5) is 28.0. The van der Waals surface area contributed by atoms with E-state index in [0.717, 1.165) is 26.7 Å². The fourth-order valence-corrected chi connectivity index (χ4v) is 3.87. The van der Waals surface area contributed by atoms with Crippen LogP contribution in [0.3, 0.4) is 0 Å². The number of benzene rings is 2. The van der Waals surface area contributed by atoms with Gasteiger partial charge in [-0.05, 0) is 22.3 Å². The topological polar surface area (TPSA) is 101 Å². The SMILES string of the molecule is O=C(Nc1c(Cl)ncn2c(=O)[nH]nc12)OCC1c2ccccc2-c2ccccc21. The van der Waals surface area contributed by atoms with Gasteiger partial charge in [0, 0.05) is 5.92 Å². The first-order valence-corrected chi connectivity index (χ1v) is 9.24. The zero-order valence-electron chi connectivity index (χ0n) is 14.9. The van der Waals surface area contributed by atoms with E-state index in [2.05, 4.69) is 32.6 Å². The third-order valence-electron chi connectivity index (χ3n) is 4.99. The Kier molecular flexibility index (Phi) is 4.06. The lowest BCUT2D eigenvalue weighted by atomic mass is 9.98. The number of carbonyl (C=O) groups excluding carboxylic acids is 1. The smallest absolute Gasteiger partial charge is 0.411 e. The lowest BCUT2D eigenvalue weighted by molar-refractivity contribution is 0.158. The molecule has 0 radical (unpaired) electrons. The van der Waals surface area contributed by atoms with Crippen LogP contribution in [-0.2, 0) is 4.74 Å². The number of fused-ring (bicyclic) bond motifs is 4. The molecule has 0 saturated carbocycles. The van der Waals surface area contributed by atoms with Crippen molar-refractivity contribution in [3.8, 4) is 11.1 Å². The molecule has 4 aromatic rings. The third kappa shape index (κ3) is 2.85. The molecule has 29 heavy (non-hydrogen) atoms. The van der Waals surface area contributed by atoms with Gasteiger partial charge in [-0.3, -0.25) is 5.32 Å². The number of anilines is 1. The summed E-state index contributed by atoms with van der Waals surface area (Å²) >= 11 is 6.07. The van der Waals surface area contributed by atoms with Crippen LogP contribution in [0.25, 0.3) is 16.8 Å². The lowest BCUT2D eigenvalue weighted by Crippen LogP contribution is -2.19. The van der Waals surface area contributed by atoms with Crippen molar-refractivity contribution < 1.29 is 9.53 Å². The first-order valence-electron chi connectivity index (χ1n) is 8.86. The Morgan fingerprint density at radius 2 is 1.79 bits per heavy atom. The second-order valence-corrected chi connectivity index (χ2v) is 6.94. The summed E-state index contributed by atoms with van der Waals surface area (Å²) in [6.45, 7) is 0.154. The molecule has 2 aromatic carbocycles. The Morgan fingerprint density at radius 1 is 1.14 bits per heavy atom. The van der Waals surface area contributed by atoms with Crippen LogP contribution >= 0.6 is 11.6 Å². The number of rotatable bonds is 3. The molecule has 0 saturated heterocycles. The normalized spacial score (nSPS) is 12.6. The number of hydrogen-bond acceptors (Lipinski definition) is 5. The number of carbonyl (C=O) groups is 1. The van der Waals surface area contributed by atoms with Crippen molar-refractivity contribution in [2.24, 2.45) is 0 Å². The molecule has 1 aliphatic rings. The highest BCUT2D eigenvalue weighted by molar-refractivity contribution is 6.33. The fraction of sp³-hybridized carbons (Fsp3) is 0.100. The van der Waals surface area contributed by atoms with E-state index in [1.54, 1.807) is 0 Å². The number of aromatic amines is 1. The van der Waals surface area contributed by atoms with Gasteiger partial charge in [0.1, 0.15) is 18.6 Å². The van der Waals surface area contributed by atoms with Crippen LogP contribution in [0.4, 0.5) is 10.5 Å². The van der Waals surface area contributed by atoms with Crippen molar-refractivity contribution in [3.63, 3.8) is 0 Å². The maximum Gasteiger partial charge on any atom is 0.411 e. The van der Waals surface area contributed by atoms with Crippen molar-refractivity contribution >= 4 is 29.0 Å². The molecule has 8 nitrogen and oxygen atoms in total. The molecule has 2 aromatic heterocycles. The van der Waals surface area contributed by atoms with Crippen LogP contribution in [0, 0.1) is 0 Å². The van der Waals surface area contributed by atoms with Gasteiger partial charge >= 0.3 is 11.8 Å². The average molecular weight is 408 g/mol. The van der Waals surface area contributed by atoms with Gasteiger partial charge in [0.25, 0.3) is 0 Å². The number of amides is 1. The van der Waals surface area contributed by atoms with Gasteiger partial charge in [-0.15, -0.1) is 0 Å². The largest absolute Gasteiger partial charge is 0.448 e. The monoisotopic (exact) mass is 407 g/mol. The predicted molar refractivity (Wildman–Crippen MR) is 107 cm³/mol. The second-order valence-electron chi connectivity index (χ2n) is 6.58. The van der Waals surface area contributed by atoms with Gasteiger partial charge in [-0.2, -0.15) is 5.10 Å². The number of hydrogen-bond donors (Lipinski definition) is 2. The number of halogens is 1. The van der Waals surface area contributed by atoms with E-state index in [9.17, 15) is 9.59 Å². The van der Waals surface area contributed by atoms with Crippen molar-refractivity contribution in [2.45, 2.75) is 5.92 Å². The van der Waals surface area contributed by atoms with E-state index in [1.807, 2.05) is 36.4 Å². The number of ether oxygens (including phenoxy) is 1. The number of nitrogens with one attached hydrogen (secondary N) is 2. The molecule has 0 spiro atoms. The molecular weight excluding hydrogens is 394 g/mol. The minimum Gasteiger partial charge on any atom is -0.448 e. The standard InChI is InChI=1S/C20H14ClN5O3/c21-17-16(18-24-25-19(27)26(18)10-22-17)23-20(28)29-9-15-13-7-3-1-5-11(13)12-6-2-4-8-14(12)15/h1-8,10,15H,9H2,(H,23,28)(H,25,27). The van der Waals surface area contributed by atoms with Crippen LogP contribution in [0.1, 0.15) is 17.0 Å². The summed E-state index contributed by atoms with van der Waals surface area (Å²) < 4.78 is 6.64. The highest BCUT2D eigenvalue weighted by Crippen LogP contribution is 2.44. The number of nitrogens with zero attached hydrogens (tertiary/aromatic N) is 3. The van der Waals surface area contributed by atoms with Crippen LogP contribution in [-0.4, -0.2) is 32.3 Å². The minimum absolute atomic E-state index is 0.00464. The molecule has 2 N–H and O–H groups in total. The van der Waals surface area contributed by atoms with Gasteiger partial charge in [0.2, 0.25) is 0 Å². The average Bonchev–Trinajstić information content (AvgIpc) is 3.27. The highest BCUT2D eigenvalue weighted by Gasteiger charge is 2.29. The molecule has 1 amide bonds. The Balaban J connectivity index is 1.38. The van der Waals surface area contributed by atoms with E-state index in [1.165, 1.54) is 6.33 Å². The molecule has 0 aliphatic heterocycles. The van der Waals surface area contributed by atoms with Crippen LogP contribution in [0.15, 0.2) is 59.7 Å². The molecule has 2 heterocycles. The molecule has 144 valence electrons. The van der Waals surface area contributed by atoms with Gasteiger partial charge in [0.15, 0.2) is 10.8 Å². The highest BCUT2D eigenvalue weighted by atomic mass is 35.5. The number of aromatic nitrogens is 4. The summed E-state index contributed by atoms with van der Waals surface area (Å²) in [5.74, 6) is -0.0643. The second kappa shape index (κ2) is 6.75. The summed E-state index contributed by atoms with van der Waals surface area (Å²) in [6, 6.07) is 16.1. The summed E-state index contributed by atoms with van der Waals surface area (Å²) in [5.41, 5.74) is 4.28. The van der Waals surface area contributed by atoms with Crippen LogP contribution < -0.4 is 11.0 Å². The van der Waals surface area contributed by atoms with Crippen molar-refractivity contribution in [2.75, 3.05) is 11.9 Å². The molecule has 9 heteroatoms. The van der Waals surface area contributed by atoms with Gasteiger partial charge in [0.05, 0.1) is 0 Å². The zero-order valence-corrected chi connectivity index (χ0v) is 15.7. The van der Waals surface area contributed by atoms with E-state index in [0.29, 0.717) is 0 Å². The maximum absolute atomic E-state index is 12.5. The Labute approximate surface area is 169 Å². The summed E-state index contributed by atoms with van der Waals surface area (Å²) in [7, 11) is 0. The lowest BCUT2D eigenvalue weighted by Gasteiger charge is -2.15. The third-order valence-corrected chi connectivity index (χ3v) is 5.28. The summed E-state index contributed by atoms with van der Waals surface area (Å²) in [5, 5.41) is 8.69. The number of H-pyrrole nitrogens is 1. The predicted octanol–water partition coefficient (Wildman–Crippen LogP) is 3.43. The molecule has 5 rings (SSSR count). The van der Waals surface area contributed by atoms with E-state index in [-0.39, 0.29) is 29.0 Å². The fourth-order valence-electron chi connectivity index (χ4n) is 3.70. The maximum atomic E-state index is 12.5. The molecule has 0 fully saturated rings. The Bertz CT molecular complexity index is 1270. The van der Waals surface area contributed by atoms with Crippen LogP contribution in [0.2, 0.25) is 5.15 Å². The Morgan fingerprint density at radius 3 is 2.48 bits per heavy atom. The molecule has 1 aliphatic carbocycles. The van der Waals surface area contributed by atoms with Crippen molar-refractivity contribution in [3.05, 3.63) is 81.6 Å². The quantitative estimate of drug-likeness (QED) is 0.506. The Hall–Kier alpha value is -3.65. The van der Waals surface area contributed by atoms with E-state index >= 15 is 0 Å². The van der Waals surface area contributed by atoms with Gasteiger partial charge in [-0.25, -0.2) is 24.1 Å². The van der Waals surface area contributed by atoms with E-state index < -0.39 is 11.8 Å². The zero-order chi connectivity index (χ0) is 20.0. The molecule has 0 bridgehead atoms. The molecule has 0 unspecified atom stereocenters. The van der Waals surface area contributed by atoms with Crippen molar-refractivity contribution in [1.29, 1.82) is 0 Å². The van der Waals surface area contributed by atoms with Gasteiger partial charge in [-0.1, -0.05) is 60.1 Å². The first kappa shape index (κ1) is 17.4. The van der Waals surface area contributed by atoms with E-state index in [4.69, 9.17) is 16.3 Å². The van der Waals surface area contributed by atoms with Crippen LogP contribution in [0.5, 0.6) is 0 Å². The first-order chi connectivity index (χ1) is 14.1. The molecular formula is C20H14ClN5O3.